The molecule has 1 unspecified atom stereocenters. The van der Waals surface area contributed by atoms with Crippen LogP contribution in [0.2, 0.25) is 5.02 Å². The molecule has 4 nitrogen and oxygen atoms in total. The minimum absolute atomic E-state index is 0.0413. The highest BCUT2D eigenvalue weighted by Gasteiger charge is 2.26. The fourth-order valence-corrected chi connectivity index (χ4v) is 3.56. The Morgan fingerprint density at radius 3 is 2.26 bits per heavy atom. The summed E-state index contributed by atoms with van der Waals surface area (Å²) in [6.45, 7) is 9.87. The van der Waals surface area contributed by atoms with Gasteiger partial charge in [0.05, 0.1) is 0 Å². The summed E-state index contributed by atoms with van der Waals surface area (Å²) < 4.78 is 5.91. The third-order valence-corrected chi connectivity index (χ3v) is 5.60. The molecule has 0 spiro atoms. The van der Waals surface area contributed by atoms with Gasteiger partial charge in [-0.3, -0.25) is 9.69 Å². The highest BCUT2D eigenvalue weighted by atomic mass is 35.5. The highest BCUT2D eigenvalue weighted by molar-refractivity contribution is 6.32. The number of hydrogen-bond donors (Lipinski definition) is 0. The van der Waals surface area contributed by atoms with E-state index in [9.17, 15) is 4.79 Å². The molecule has 1 amide bonds. The zero-order valence-corrected chi connectivity index (χ0v) is 17.0. The predicted molar refractivity (Wildman–Crippen MR) is 109 cm³/mol. The summed E-state index contributed by atoms with van der Waals surface area (Å²) in [7, 11) is 0. The molecule has 0 N–H and O–H groups in total. The van der Waals surface area contributed by atoms with Crippen molar-refractivity contribution in [1.29, 1.82) is 0 Å². The molecule has 144 valence electrons. The summed E-state index contributed by atoms with van der Waals surface area (Å²) in [6.07, 6.45) is -0.509. The molecule has 1 fully saturated rings. The topological polar surface area (TPSA) is 32.8 Å². The van der Waals surface area contributed by atoms with E-state index in [1.807, 2.05) is 43.9 Å². The van der Waals surface area contributed by atoms with E-state index < -0.39 is 6.10 Å². The molecule has 3 rings (SSSR count). The van der Waals surface area contributed by atoms with Crippen LogP contribution in [-0.4, -0.2) is 48.0 Å². The molecule has 0 radical (unpaired) electrons. The van der Waals surface area contributed by atoms with Gasteiger partial charge in [-0.1, -0.05) is 41.9 Å². The number of piperazine rings is 1. The third kappa shape index (κ3) is 5.02. The second-order valence-electron chi connectivity index (χ2n) is 7.22. The second-order valence-corrected chi connectivity index (χ2v) is 7.60. The molecule has 2 aromatic rings. The van der Waals surface area contributed by atoms with E-state index in [-0.39, 0.29) is 5.91 Å². The largest absolute Gasteiger partial charge is 0.481 e. The number of aryl methyl sites for hydroxylation is 2. The van der Waals surface area contributed by atoms with E-state index in [2.05, 4.69) is 29.2 Å². The third-order valence-electron chi connectivity index (χ3n) is 5.00. The minimum Gasteiger partial charge on any atom is -0.481 e. The van der Waals surface area contributed by atoms with Gasteiger partial charge >= 0.3 is 0 Å². The fraction of sp³-hybridized carbons (Fsp3) is 0.409. The quantitative estimate of drug-likeness (QED) is 0.776. The van der Waals surface area contributed by atoms with Gasteiger partial charge in [-0.05, 0) is 49.6 Å². The van der Waals surface area contributed by atoms with Crippen molar-refractivity contribution in [3.63, 3.8) is 0 Å². The molecule has 1 saturated heterocycles. The zero-order valence-electron chi connectivity index (χ0n) is 16.2. The van der Waals surface area contributed by atoms with Crippen molar-refractivity contribution in [3.05, 3.63) is 64.2 Å². The SMILES string of the molecule is Cc1cc(OC(C)C(=O)N2CCN(Cc3ccccc3)CC2)cc(C)c1Cl. The molecule has 1 atom stereocenters. The van der Waals surface area contributed by atoms with E-state index in [4.69, 9.17) is 16.3 Å². The molecule has 1 aliphatic rings. The highest BCUT2D eigenvalue weighted by Crippen LogP contribution is 2.26. The molecular formula is C22H27ClN2O2. The number of hydrogen-bond acceptors (Lipinski definition) is 3. The molecule has 0 saturated carbocycles. The van der Waals surface area contributed by atoms with Gasteiger partial charge in [-0.15, -0.1) is 0 Å². The maximum absolute atomic E-state index is 12.8. The van der Waals surface area contributed by atoms with Crippen LogP contribution in [0.3, 0.4) is 0 Å². The van der Waals surface area contributed by atoms with Gasteiger partial charge in [-0.25, -0.2) is 0 Å². The van der Waals surface area contributed by atoms with Gasteiger partial charge in [0.1, 0.15) is 5.75 Å². The Morgan fingerprint density at radius 1 is 1.07 bits per heavy atom. The monoisotopic (exact) mass is 386 g/mol. The van der Waals surface area contributed by atoms with E-state index in [1.54, 1.807) is 0 Å². The number of nitrogens with zero attached hydrogens (tertiary/aromatic N) is 2. The first-order valence-electron chi connectivity index (χ1n) is 9.42. The van der Waals surface area contributed by atoms with Crippen LogP contribution in [0.1, 0.15) is 23.6 Å². The molecule has 5 heteroatoms. The van der Waals surface area contributed by atoms with Crippen molar-refractivity contribution in [1.82, 2.24) is 9.80 Å². The van der Waals surface area contributed by atoms with Crippen molar-refractivity contribution in [2.45, 2.75) is 33.4 Å². The average molecular weight is 387 g/mol. The minimum atomic E-state index is -0.509. The van der Waals surface area contributed by atoms with Gasteiger partial charge in [0.15, 0.2) is 6.10 Å². The van der Waals surface area contributed by atoms with Gasteiger partial charge in [0.25, 0.3) is 5.91 Å². The number of benzene rings is 2. The van der Waals surface area contributed by atoms with Crippen LogP contribution in [0.4, 0.5) is 0 Å². The molecule has 1 aliphatic heterocycles. The molecule has 27 heavy (non-hydrogen) atoms. The van der Waals surface area contributed by atoms with E-state index in [1.165, 1.54) is 5.56 Å². The predicted octanol–water partition coefficient (Wildman–Crippen LogP) is 4.07. The summed E-state index contributed by atoms with van der Waals surface area (Å²) in [5.74, 6) is 0.734. The lowest BCUT2D eigenvalue weighted by atomic mass is 10.1. The van der Waals surface area contributed by atoms with Crippen molar-refractivity contribution >= 4 is 17.5 Å². The van der Waals surface area contributed by atoms with Gasteiger partial charge in [0.2, 0.25) is 0 Å². The Kier molecular flexibility index (Phi) is 6.40. The second kappa shape index (κ2) is 8.77. The van der Waals surface area contributed by atoms with Crippen LogP contribution in [0, 0.1) is 13.8 Å². The number of rotatable bonds is 5. The van der Waals surface area contributed by atoms with E-state index in [0.717, 1.165) is 48.9 Å². The zero-order chi connectivity index (χ0) is 19.4. The number of carbonyl (C=O) groups excluding carboxylic acids is 1. The number of carbonyl (C=O) groups is 1. The summed E-state index contributed by atoms with van der Waals surface area (Å²) in [6, 6.07) is 14.2. The van der Waals surface area contributed by atoms with E-state index >= 15 is 0 Å². The van der Waals surface area contributed by atoms with Crippen molar-refractivity contribution in [3.8, 4) is 5.75 Å². The number of amides is 1. The Bertz CT molecular complexity index is 763. The van der Waals surface area contributed by atoms with Crippen molar-refractivity contribution < 1.29 is 9.53 Å². The van der Waals surface area contributed by atoms with Crippen LogP contribution < -0.4 is 4.74 Å². The fourth-order valence-electron chi connectivity index (χ4n) is 3.45. The van der Waals surface area contributed by atoms with Crippen LogP contribution >= 0.6 is 11.6 Å². The van der Waals surface area contributed by atoms with Gasteiger partial charge in [0, 0.05) is 37.7 Å². The molecular weight excluding hydrogens is 360 g/mol. The summed E-state index contributed by atoms with van der Waals surface area (Å²) in [4.78, 5) is 17.1. The first-order chi connectivity index (χ1) is 12.9. The van der Waals surface area contributed by atoms with Crippen LogP contribution in [-0.2, 0) is 11.3 Å². The van der Waals surface area contributed by atoms with Gasteiger partial charge < -0.3 is 9.64 Å². The molecule has 0 bridgehead atoms. The molecule has 0 aromatic heterocycles. The average Bonchev–Trinajstić information content (AvgIpc) is 2.67. The Hall–Kier alpha value is -2.04. The smallest absolute Gasteiger partial charge is 0.263 e. The summed E-state index contributed by atoms with van der Waals surface area (Å²) in [5.41, 5.74) is 3.23. The Morgan fingerprint density at radius 2 is 1.67 bits per heavy atom. The summed E-state index contributed by atoms with van der Waals surface area (Å²) in [5, 5.41) is 0.746. The normalized spacial score (nSPS) is 16.2. The Balaban J connectivity index is 1.52. The standard InChI is InChI=1S/C22H27ClN2O2/c1-16-13-20(14-17(2)21(16)23)27-18(3)22(26)25-11-9-24(10-12-25)15-19-7-5-4-6-8-19/h4-8,13-14,18H,9-12,15H2,1-3H3. The van der Waals surface area contributed by atoms with Gasteiger partial charge in [-0.2, -0.15) is 0 Å². The molecule has 0 aliphatic carbocycles. The lowest BCUT2D eigenvalue weighted by Gasteiger charge is -2.36. The maximum Gasteiger partial charge on any atom is 0.263 e. The van der Waals surface area contributed by atoms with Crippen molar-refractivity contribution in [2.75, 3.05) is 26.2 Å². The molecule has 1 heterocycles. The lowest BCUT2D eigenvalue weighted by molar-refractivity contribution is -0.139. The van der Waals surface area contributed by atoms with Crippen molar-refractivity contribution in [2.24, 2.45) is 0 Å². The number of halogens is 1. The van der Waals surface area contributed by atoms with E-state index in [0.29, 0.717) is 5.75 Å². The van der Waals surface area contributed by atoms with Crippen LogP contribution in [0.25, 0.3) is 0 Å². The summed E-state index contributed by atoms with van der Waals surface area (Å²) >= 11 is 6.21. The lowest BCUT2D eigenvalue weighted by Crippen LogP contribution is -2.51. The maximum atomic E-state index is 12.8. The Labute approximate surface area is 166 Å². The first kappa shape index (κ1) is 19.7. The van der Waals surface area contributed by atoms with Crippen LogP contribution in [0.5, 0.6) is 5.75 Å². The molecule has 2 aromatic carbocycles. The number of ether oxygens (including phenoxy) is 1. The first-order valence-corrected chi connectivity index (χ1v) is 9.80. The van der Waals surface area contributed by atoms with Crippen LogP contribution in [0.15, 0.2) is 42.5 Å².